The van der Waals surface area contributed by atoms with Gasteiger partial charge in [-0.1, -0.05) is 12.1 Å². The van der Waals surface area contributed by atoms with Crippen molar-refractivity contribution in [1.29, 1.82) is 0 Å². The van der Waals surface area contributed by atoms with E-state index < -0.39 is 41.1 Å². The fraction of sp³-hybridized carbons (Fsp3) is 0.458. The molecule has 0 amide bonds. The molecule has 4 nitrogen and oxygen atoms in total. The van der Waals surface area contributed by atoms with Crippen LogP contribution in [0.15, 0.2) is 36.4 Å². The molecule has 2 aliphatic carbocycles. The van der Waals surface area contributed by atoms with Crippen molar-refractivity contribution in [2.45, 2.75) is 38.5 Å². The summed E-state index contributed by atoms with van der Waals surface area (Å²) in [5.41, 5.74) is 0.269. The zero-order chi connectivity index (χ0) is 22.7. The van der Waals surface area contributed by atoms with Crippen molar-refractivity contribution >= 4 is 5.97 Å². The predicted molar refractivity (Wildman–Crippen MR) is 108 cm³/mol. The predicted octanol–water partition coefficient (Wildman–Crippen LogP) is 4.69. The van der Waals surface area contributed by atoms with E-state index in [1.807, 2.05) is 12.1 Å². The second-order valence-electron chi connectivity index (χ2n) is 9.57. The number of carbonyl (C=O) groups is 1. The van der Waals surface area contributed by atoms with E-state index in [-0.39, 0.29) is 5.41 Å². The molecule has 1 saturated carbocycles. The second kappa shape index (κ2) is 7.20. The van der Waals surface area contributed by atoms with Gasteiger partial charge in [0.15, 0.2) is 0 Å². The fourth-order valence-electron chi connectivity index (χ4n) is 5.28. The molecule has 170 valence electrons. The number of carboxylic acids is 1. The van der Waals surface area contributed by atoms with Crippen LogP contribution in [0.2, 0.25) is 0 Å². The van der Waals surface area contributed by atoms with Gasteiger partial charge in [-0.3, -0.25) is 4.79 Å². The lowest BCUT2D eigenvalue weighted by Crippen LogP contribution is -2.58. The van der Waals surface area contributed by atoms with Crippen LogP contribution in [0.1, 0.15) is 35.1 Å². The lowest BCUT2D eigenvalue weighted by Gasteiger charge is -2.49. The summed E-state index contributed by atoms with van der Waals surface area (Å²) in [6.45, 7) is 1.78. The van der Waals surface area contributed by atoms with Gasteiger partial charge in [-0.2, -0.15) is 13.2 Å². The standard InChI is InChI=1S/C24H23F4NO3/c25-20-3-1-2-19(24(26,27)28)18(20)11-32-17-5-4-15-9-22(10-16(15)8-17)12-29(13-22)14-23(6-7-23)21(30)31/h1-5,8H,6-7,9-14H2,(H,30,31). The summed E-state index contributed by atoms with van der Waals surface area (Å²) in [4.78, 5) is 13.6. The first-order chi connectivity index (χ1) is 15.1. The summed E-state index contributed by atoms with van der Waals surface area (Å²) >= 11 is 0. The van der Waals surface area contributed by atoms with Crippen LogP contribution in [-0.4, -0.2) is 35.6 Å². The number of fused-ring (bicyclic) bond motifs is 1. The molecule has 0 aromatic heterocycles. The minimum Gasteiger partial charge on any atom is -0.489 e. The maximum Gasteiger partial charge on any atom is 0.416 e. The number of likely N-dealkylation sites (tertiary alicyclic amines) is 1. The molecule has 2 fully saturated rings. The van der Waals surface area contributed by atoms with Crippen molar-refractivity contribution < 1.29 is 32.2 Å². The van der Waals surface area contributed by atoms with Gasteiger partial charge < -0.3 is 14.7 Å². The lowest BCUT2D eigenvalue weighted by molar-refractivity contribution is -0.145. The topological polar surface area (TPSA) is 49.8 Å². The number of ether oxygens (including phenoxy) is 1. The zero-order valence-electron chi connectivity index (χ0n) is 17.3. The number of aliphatic carboxylic acids is 1. The first-order valence-corrected chi connectivity index (χ1v) is 10.6. The molecule has 8 heteroatoms. The Balaban J connectivity index is 1.23. The molecule has 0 atom stereocenters. The number of nitrogens with zero attached hydrogens (tertiary/aromatic N) is 1. The van der Waals surface area contributed by atoms with Gasteiger partial charge >= 0.3 is 12.1 Å². The molecular weight excluding hydrogens is 426 g/mol. The van der Waals surface area contributed by atoms with Gasteiger partial charge in [0.05, 0.1) is 11.0 Å². The lowest BCUT2D eigenvalue weighted by atomic mass is 9.76. The zero-order valence-corrected chi connectivity index (χ0v) is 17.3. The molecule has 0 unspecified atom stereocenters. The van der Waals surface area contributed by atoms with Crippen molar-refractivity contribution in [1.82, 2.24) is 4.90 Å². The molecule has 32 heavy (non-hydrogen) atoms. The summed E-state index contributed by atoms with van der Waals surface area (Å²) in [6, 6.07) is 8.37. The molecule has 1 aliphatic heterocycles. The summed E-state index contributed by atoms with van der Waals surface area (Å²) in [6.07, 6.45) is -1.45. The second-order valence-corrected chi connectivity index (χ2v) is 9.57. The van der Waals surface area contributed by atoms with Crippen molar-refractivity contribution in [3.63, 3.8) is 0 Å². The Hall–Kier alpha value is -2.61. The first-order valence-electron chi connectivity index (χ1n) is 10.6. The molecule has 5 rings (SSSR count). The Kier molecular flexibility index (Phi) is 4.78. The number of hydrogen-bond donors (Lipinski definition) is 1. The average Bonchev–Trinajstić information content (AvgIpc) is 3.38. The van der Waals surface area contributed by atoms with E-state index in [0.717, 1.165) is 62.5 Å². The van der Waals surface area contributed by atoms with Gasteiger partial charge in [0.1, 0.15) is 18.2 Å². The van der Waals surface area contributed by atoms with Crippen LogP contribution in [0.5, 0.6) is 5.75 Å². The van der Waals surface area contributed by atoms with Gasteiger partial charge in [0.25, 0.3) is 0 Å². The van der Waals surface area contributed by atoms with E-state index in [0.29, 0.717) is 12.3 Å². The van der Waals surface area contributed by atoms with Crippen molar-refractivity contribution in [3.05, 3.63) is 64.5 Å². The van der Waals surface area contributed by atoms with E-state index in [9.17, 15) is 27.5 Å². The highest BCUT2D eigenvalue weighted by atomic mass is 19.4. The quantitative estimate of drug-likeness (QED) is 0.651. The van der Waals surface area contributed by atoms with Crippen molar-refractivity contribution in [3.8, 4) is 5.75 Å². The Labute approximate surface area is 182 Å². The number of alkyl halides is 3. The highest BCUT2D eigenvalue weighted by Gasteiger charge is 2.55. The molecule has 3 aliphatic rings. The van der Waals surface area contributed by atoms with Crippen LogP contribution in [0.3, 0.4) is 0 Å². The van der Waals surface area contributed by atoms with Crippen molar-refractivity contribution in [2.24, 2.45) is 10.8 Å². The number of halogens is 4. The van der Waals surface area contributed by atoms with Gasteiger partial charge in [0, 0.05) is 30.6 Å². The van der Waals surface area contributed by atoms with E-state index in [2.05, 4.69) is 4.90 Å². The van der Waals surface area contributed by atoms with Crippen LogP contribution >= 0.6 is 0 Å². The minimum absolute atomic E-state index is 0.0878. The Morgan fingerprint density at radius 3 is 2.47 bits per heavy atom. The Morgan fingerprint density at radius 2 is 1.81 bits per heavy atom. The SMILES string of the molecule is O=C(O)C1(CN2CC3(Cc4ccc(OCc5c(F)cccc5C(F)(F)F)cc4C3)C2)CC1. The van der Waals surface area contributed by atoms with E-state index in [1.54, 1.807) is 6.07 Å². The number of hydrogen-bond acceptors (Lipinski definition) is 3. The van der Waals surface area contributed by atoms with Crippen LogP contribution in [0.4, 0.5) is 17.6 Å². The molecule has 1 N–H and O–H groups in total. The number of carboxylic acid groups (broad SMARTS) is 1. The van der Waals surface area contributed by atoms with Gasteiger partial charge in [-0.15, -0.1) is 0 Å². The molecule has 1 saturated heterocycles. The number of benzene rings is 2. The summed E-state index contributed by atoms with van der Waals surface area (Å²) in [7, 11) is 0. The third kappa shape index (κ3) is 3.74. The van der Waals surface area contributed by atoms with Crippen LogP contribution < -0.4 is 4.74 Å². The molecule has 1 heterocycles. The van der Waals surface area contributed by atoms with Crippen LogP contribution in [0.25, 0.3) is 0 Å². The third-order valence-electron chi connectivity index (χ3n) is 7.07. The third-order valence-corrected chi connectivity index (χ3v) is 7.07. The summed E-state index contributed by atoms with van der Waals surface area (Å²) < 4.78 is 59.2. The molecule has 0 bridgehead atoms. The Morgan fingerprint density at radius 1 is 1.09 bits per heavy atom. The van der Waals surface area contributed by atoms with E-state index in [4.69, 9.17) is 4.74 Å². The first kappa shape index (κ1) is 21.2. The summed E-state index contributed by atoms with van der Waals surface area (Å²) in [5, 5.41) is 9.39. The maximum absolute atomic E-state index is 14.0. The highest BCUT2D eigenvalue weighted by molar-refractivity contribution is 5.78. The Bertz CT molecular complexity index is 1070. The number of rotatable bonds is 6. The smallest absolute Gasteiger partial charge is 0.416 e. The summed E-state index contributed by atoms with van der Waals surface area (Å²) in [5.74, 6) is -1.24. The maximum atomic E-state index is 14.0. The average molecular weight is 449 g/mol. The van der Waals surface area contributed by atoms with Crippen molar-refractivity contribution in [2.75, 3.05) is 19.6 Å². The van der Waals surface area contributed by atoms with Gasteiger partial charge in [-0.25, -0.2) is 4.39 Å². The van der Waals surface area contributed by atoms with Gasteiger partial charge in [0.2, 0.25) is 0 Å². The molecule has 1 spiro atoms. The highest BCUT2D eigenvalue weighted by Crippen LogP contribution is 2.51. The van der Waals surface area contributed by atoms with E-state index in [1.165, 1.54) is 5.56 Å². The van der Waals surface area contributed by atoms with Crippen LogP contribution in [0, 0.1) is 16.6 Å². The molecule has 2 aromatic carbocycles. The normalized spacial score (nSPS) is 20.6. The largest absolute Gasteiger partial charge is 0.489 e. The monoisotopic (exact) mass is 449 g/mol. The fourth-order valence-corrected chi connectivity index (χ4v) is 5.28. The van der Waals surface area contributed by atoms with E-state index >= 15 is 0 Å². The molecule has 0 radical (unpaired) electrons. The minimum atomic E-state index is -4.65. The van der Waals surface area contributed by atoms with Gasteiger partial charge in [-0.05, 0) is 61.1 Å². The molecular formula is C24H23F4NO3. The van der Waals surface area contributed by atoms with Crippen LogP contribution in [-0.2, 0) is 30.4 Å². The molecule has 2 aromatic rings.